The number of hydrogen-bond acceptors (Lipinski definition) is 1. The summed E-state index contributed by atoms with van der Waals surface area (Å²) in [5.74, 6) is 0. The molecule has 2 aromatic carbocycles. The van der Waals surface area contributed by atoms with E-state index in [-0.39, 0.29) is 0 Å². The second kappa shape index (κ2) is 4.95. The fourth-order valence-electron chi connectivity index (χ4n) is 1.84. The van der Waals surface area contributed by atoms with Crippen molar-refractivity contribution in [2.75, 3.05) is 6.54 Å². The Morgan fingerprint density at radius 2 is 1.88 bits per heavy atom. The van der Waals surface area contributed by atoms with Crippen LogP contribution in [0.15, 0.2) is 48.0 Å². The van der Waals surface area contributed by atoms with Gasteiger partial charge in [0.15, 0.2) is 0 Å². The molecule has 16 heavy (non-hydrogen) atoms. The third-order valence-electron chi connectivity index (χ3n) is 2.86. The molecule has 2 rings (SSSR count). The Kier molecular flexibility index (Phi) is 3.37. The van der Waals surface area contributed by atoms with Gasteiger partial charge in [-0.15, -0.1) is 0 Å². The van der Waals surface area contributed by atoms with Crippen LogP contribution >= 0.6 is 0 Å². The smallest absolute Gasteiger partial charge is 0.0140 e. The van der Waals surface area contributed by atoms with E-state index in [1.165, 1.54) is 21.9 Å². The zero-order valence-electron chi connectivity index (χ0n) is 9.61. The van der Waals surface area contributed by atoms with E-state index in [0.717, 1.165) is 6.42 Å². The molecular formula is C15H17N. The Hall–Kier alpha value is -1.60. The van der Waals surface area contributed by atoms with Crippen molar-refractivity contribution in [2.45, 2.75) is 13.3 Å². The minimum Gasteiger partial charge on any atom is -0.327 e. The zero-order chi connectivity index (χ0) is 11.4. The highest BCUT2D eigenvalue weighted by molar-refractivity contribution is 5.84. The van der Waals surface area contributed by atoms with Crippen LogP contribution in [0.25, 0.3) is 16.8 Å². The summed E-state index contributed by atoms with van der Waals surface area (Å²) in [7, 11) is 0. The van der Waals surface area contributed by atoms with Crippen LogP contribution in [-0.4, -0.2) is 6.54 Å². The first-order valence-electron chi connectivity index (χ1n) is 5.72. The highest BCUT2D eigenvalue weighted by Gasteiger charge is 1.95. The maximum Gasteiger partial charge on any atom is 0.0140 e. The van der Waals surface area contributed by atoms with E-state index in [0.29, 0.717) is 6.54 Å². The largest absolute Gasteiger partial charge is 0.327 e. The minimum atomic E-state index is 0.642. The van der Waals surface area contributed by atoms with E-state index in [2.05, 4.69) is 55.5 Å². The van der Waals surface area contributed by atoms with Crippen molar-refractivity contribution in [1.82, 2.24) is 0 Å². The van der Waals surface area contributed by atoms with Crippen molar-refractivity contribution in [3.63, 3.8) is 0 Å². The Bertz CT molecular complexity index is 506. The Balaban J connectivity index is 2.43. The monoisotopic (exact) mass is 211 g/mol. The molecule has 0 aromatic heterocycles. The fourth-order valence-corrected chi connectivity index (χ4v) is 1.84. The zero-order valence-corrected chi connectivity index (χ0v) is 9.61. The lowest BCUT2D eigenvalue weighted by Gasteiger charge is -2.02. The molecular weight excluding hydrogens is 194 g/mol. The topological polar surface area (TPSA) is 26.0 Å². The molecule has 0 aliphatic heterocycles. The lowest BCUT2D eigenvalue weighted by Crippen LogP contribution is -2.01. The summed E-state index contributed by atoms with van der Waals surface area (Å²) in [6.45, 7) is 2.78. The molecule has 0 unspecified atom stereocenters. The van der Waals surface area contributed by atoms with Crippen molar-refractivity contribution in [2.24, 2.45) is 5.73 Å². The normalized spacial score (nSPS) is 12.0. The third-order valence-corrected chi connectivity index (χ3v) is 2.86. The van der Waals surface area contributed by atoms with Crippen molar-refractivity contribution in [1.29, 1.82) is 0 Å². The lowest BCUT2D eigenvalue weighted by atomic mass is 10.0. The number of nitrogens with two attached hydrogens (primary N) is 1. The van der Waals surface area contributed by atoms with Gasteiger partial charge in [-0.1, -0.05) is 55.0 Å². The predicted octanol–water partition coefficient (Wildman–Crippen LogP) is 3.59. The van der Waals surface area contributed by atoms with Gasteiger partial charge in [0.05, 0.1) is 0 Å². The van der Waals surface area contributed by atoms with Crippen molar-refractivity contribution >= 4 is 16.8 Å². The standard InChI is InChI=1S/C15H17N/c1-2-12(11-16)9-13-7-8-14-5-3-4-6-15(14)10-13/h3-10H,2,11,16H2,1H3. The van der Waals surface area contributed by atoms with Crippen molar-refractivity contribution in [3.8, 4) is 0 Å². The highest BCUT2D eigenvalue weighted by atomic mass is 14.5. The highest BCUT2D eigenvalue weighted by Crippen LogP contribution is 2.17. The van der Waals surface area contributed by atoms with Crippen LogP contribution in [0, 0.1) is 0 Å². The fraction of sp³-hybridized carbons (Fsp3) is 0.200. The van der Waals surface area contributed by atoms with Gasteiger partial charge in [-0.3, -0.25) is 0 Å². The molecule has 82 valence electrons. The van der Waals surface area contributed by atoms with E-state index in [9.17, 15) is 0 Å². The average Bonchev–Trinajstić information content (AvgIpc) is 2.35. The van der Waals surface area contributed by atoms with Gasteiger partial charge in [0.25, 0.3) is 0 Å². The molecule has 0 fully saturated rings. The molecule has 0 spiro atoms. The number of rotatable bonds is 3. The molecule has 0 saturated heterocycles. The van der Waals surface area contributed by atoms with Crippen LogP contribution in [0.4, 0.5) is 0 Å². The Labute approximate surface area is 96.6 Å². The van der Waals surface area contributed by atoms with E-state index >= 15 is 0 Å². The molecule has 2 aromatic rings. The SMILES string of the molecule is CCC(=Cc1ccc2ccccc2c1)CN. The minimum absolute atomic E-state index is 0.642. The van der Waals surface area contributed by atoms with E-state index in [4.69, 9.17) is 5.73 Å². The van der Waals surface area contributed by atoms with Crippen LogP contribution in [0.1, 0.15) is 18.9 Å². The summed E-state index contributed by atoms with van der Waals surface area (Å²) < 4.78 is 0. The summed E-state index contributed by atoms with van der Waals surface area (Å²) in [6, 6.07) is 14.9. The van der Waals surface area contributed by atoms with E-state index in [1.54, 1.807) is 0 Å². The summed E-state index contributed by atoms with van der Waals surface area (Å²) in [6.07, 6.45) is 3.20. The van der Waals surface area contributed by atoms with E-state index in [1.807, 2.05) is 0 Å². The van der Waals surface area contributed by atoms with Crippen LogP contribution in [0.5, 0.6) is 0 Å². The molecule has 2 N–H and O–H groups in total. The maximum absolute atomic E-state index is 5.68. The molecule has 0 saturated carbocycles. The van der Waals surface area contributed by atoms with Gasteiger partial charge in [0.2, 0.25) is 0 Å². The first-order valence-corrected chi connectivity index (χ1v) is 5.72. The molecule has 0 heterocycles. The first kappa shape index (κ1) is 10.9. The molecule has 0 bridgehead atoms. The molecule has 0 aliphatic carbocycles. The molecule has 0 radical (unpaired) electrons. The second-order valence-electron chi connectivity index (χ2n) is 3.97. The first-order chi connectivity index (χ1) is 7.83. The number of fused-ring (bicyclic) bond motifs is 1. The van der Waals surface area contributed by atoms with Crippen molar-refractivity contribution in [3.05, 3.63) is 53.6 Å². The van der Waals surface area contributed by atoms with Gasteiger partial charge in [-0.25, -0.2) is 0 Å². The van der Waals surface area contributed by atoms with Gasteiger partial charge in [0, 0.05) is 6.54 Å². The van der Waals surface area contributed by atoms with Crippen LogP contribution < -0.4 is 5.73 Å². The summed E-state index contributed by atoms with van der Waals surface area (Å²) >= 11 is 0. The molecule has 0 atom stereocenters. The van der Waals surface area contributed by atoms with Crippen LogP contribution in [0.3, 0.4) is 0 Å². The number of hydrogen-bond donors (Lipinski definition) is 1. The third kappa shape index (κ3) is 2.31. The van der Waals surface area contributed by atoms with Crippen LogP contribution in [0.2, 0.25) is 0 Å². The number of benzene rings is 2. The summed E-state index contributed by atoms with van der Waals surface area (Å²) in [5.41, 5.74) is 8.20. The van der Waals surface area contributed by atoms with Gasteiger partial charge in [-0.05, 0) is 28.8 Å². The second-order valence-corrected chi connectivity index (χ2v) is 3.97. The van der Waals surface area contributed by atoms with Gasteiger partial charge < -0.3 is 5.73 Å². The van der Waals surface area contributed by atoms with Crippen LogP contribution in [-0.2, 0) is 0 Å². The van der Waals surface area contributed by atoms with Crippen molar-refractivity contribution < 1.29 is 0 Å². The predicted molar refractivity (Wildman–Crippen MR) is 71.3 cm³/mol. The molecule has 1 heteroatoms. The lowest BCUT2D eigenvalue weighted by molar-refractivity contribution is 1.02. The quantitative estimate of drug-likeness (QED) is 0.825. The maximum atomic E-state index is 5.68. The molecule has 1 nitrogen and oxygen atoms in total. The van der Waals surface area contributed by atoms with Gasteiger partial charge in [-0.2, -0.15) is 0 Å². The van der Waals surface area contributed by atoms with Gasteiger partial charge in [0.1, 0.15) is 0 Å². The van der Waals surface area contributed by atoms with Gasteiger partial charge >= 0.3 is 0 Å². The molecule has 0 aliphatic rings. The Morgan fingerprint density at radius 1 is 1.12 bits per heavy atom. The summed E-state index contributed by atoms with van der Waals surface area (Å²) in [4.78, 5) is 0. The molecule has 0 amide bonds. The van der Waals surface area contributed by atoms with E-state index < -0.39 is 0 Å². The summed E-state index contributed by atoms with van der Waals surface area (Å²) in [5, 5.41) is 2.56. The Morgan fingerprint density at radius 3 is 2.56 bits per heavy atom. The average molecular weight is 211 g/mol.